The Morgan fingerprint density at radius 3 is 2.78 bits per heavy atom. The van der Waals surface area contributed by atoms with Gasteiger partial charge in [0.05, 0.1) is 18.2 Å². The number of ether oxygens (including phenoxy) is 1. The summed E-state index contributed by atoms with van der Waals surface area (Å²) in [5.74, 6) is 0.895. The van der Waals surface area contributed by atoms with Crippen molar-refractivity contribution in [3.05, 3.63) is 23.9 Å². The van der Waals surface area contributed by atoms with E-state index in [4.69, 9.17) is 10.5 Å². The number of pyridine rings is 1. The third-order valence-electron chi connectivity index (χ3n) is 4.07. The molecule has 130 valence electrons. The molecule has 1 aromatic heterocycles. The quantitative estimate of drug-likeness (QED) is 0.842. The van der Waals surface area contributed by atoms with E-state index in [2.05, 4.69) is 22.1 Å². The van der Waals surface area contributed by atoms with Crippen LogP contribution in [0.1, 0.15) is 25.3 Å². The minimum Gasteiger partial charge on any atom is -0.375 e. The second-order valence-corrected chi connectivity index (χ2v) is 5.99. The molecule has 2 heterocycles. The fourth-order valence-corrected chi connectivity index (χ4v) is 2.45. The molecule has 0 radical (unpaired) electrons. The molecule has 6 nitrogen and oxygen atoms in total. The van der Waals surface area contributed by atoms with E-state index in [9.17, 15) is 4.79 Å². The van der Waals surface area contributed by atoms with Crippen molar-refractivity contribution in [1.82, 2.24) is 10.3 Å². The Morgan fingerprint density at radius 1 is 1.48 bits per heavy atom. The third kappa shape index (κ3) is 4.94. The van der Waals surface area contributed by atoms with Crippen molar-refractivity contribution >= 4 is 36.5 Å². The molecule has 1 amide bonds. The molecule has 8 heteroatoms. The van der Waals surface area contributed by atoms with Gasteiger partial charge in [0.15, 0.2) is 0 Å². The van der Waals surface area contributed by atoms with Crippen molar-refractivity contribution in [2.24, 2.45) is 5.73 Å². The predicted molar refractivity (Wildman–Crippen MR) is 94.4 cm³/mol. The first kappa shape index (κ1) is 20.0. The molecule has 1 unspecified atom stereocenters. The van der Waals surface area contributed by atoms with E-state index in [1.54, 1.807) is 0 Å². The van der Waals surface area contributed by atoms with Crippen molar-refractivity contribution in [2.45, 2.75) is 38.0 Å². The highest BCUT2D eigenvalue weighted by molar-refractivity contribution is 5.88. The van der Waals surface area contributed by atoms with Gasteiger partial charge in [0.25, 0.3) is 0 Å². The monoisotopic (exact) mass is 362 g/mol. The summed E-state index contributed by atoms with van der Waals surface area (Å²) in [6.07, 6.45) is 3.61. The topological polar surface area (TPSA) is 80.5 Å². The number of hydrogen-bond acceptors (Lipinski definition) is 5. The van der Waals surface area contributed by atoms with Gasteiger partial charge in [0.1, 0.15) is 5.82 Å². The van der Waals surface area contributed by atoms with Crippen molar-refractivity contribution in [1.29, 1.82) is 0 Å². The van der Waals surface area contributed by atoms with Crippen LogP contribution in [0.25, 0.3) is 0 Å². The van der Waals surface area contributed by atoms with Crippen LogP contribution in [0.15, 0.2) is 18.3 Å². The van der Waals surface area contributed by atoms with E-state index in [0.29, 0.717) is 6.54 Å². The summed E-state index contributed by atoms with van der Waals surface area (Å²) in [5.41, 5.74) is 6.21. The number of morpholine rings is 1. The zero-order chi connectivity index (χ0) is 14.9. The molecule has 1 aromatic rings. The molecule has 0 aromatic carbocycles. The SMILES string of the molecule is CC1CN(c2ccc(CNC(=O)C3(N)CC3)cn2)CCO1.Cl.Cl. The molecule has 3 rings (SSSR count). The molecule has 2 aliphatic rings. The molecule has 1 atom stereocenters. The van der Waals surface area contributed by atoms with Gasteiger partial charge in [-0.25, -0.2) is 4.98 Å². The largest absolute Gasteiger partial charge is 0.375 e. The van der Waals surface area contributed by atoms with Crippen LogP contribution in [0.4, 0.5) is 5.82 Å². The molecule has 0 bridgehead atoms. The van der Waals surface area contributed by atoms with Gasteiger partial charge in [-0.1, -0.05) is 6.07 Å². The average molecular weight is 363 g/mol. The van der Waals surface area contributed by atoms with E-state index < -0.39 is 5.54 Å². The fourth-order valence-electron chi connectivity index (χ4n) is 2.45. The minimum absolute atomic E-state index is 0. The summed E-state index contributed by atoms with van der Waals surface area (Å²) in [7, 11) is 0. The van der Waals surface area contributed by atoms with Gasteiger partial charge < -0.3 is 20.7 Å². The number of anilines is 1. The highest BCUT2D eigenvalue weighted by atomic mass is 35.5. The van der Waals surface area contributed by atoms with Crippen LogP contribution in [0.2, 0.25) is 0 Å². The number of amides is 1. The number of carbonyl (C=O) groups is 1. The lowest BCUT2D eigenvalue weighted by Gasteiger charge is -2.32. The molecule has 1 saturated carbocycles. The normalized spacial score (nSPS) is 21.7. The summed E-state index contributed by atoms with van der Waals surface area (Å²) in [6.45, 7) is 5.00. The molecule has 1 saturated heterocycles. The maximum Gasteiger partial charge on any atom is 0.240 e. The Hall–Kier alpha value is -1.08. The van der Waals surface area contributed by atoms with E-state index in [1.807, 2.05) is 18.3 Å². The number of carbonyl (C=O) groups excluding carboxylic acids is 1. The number of rotatable bonds is 4. The highest BCUT2D eigenvalue weighted by Gasteiger charge is 2.45. The Labute approximate surface area is 149 Å². The average Bonchev–Trinajstić information content (AvgIpc) is 3.24. The zero-order valence-corrected chi connectivity index (χ0v) is 14.8. The van der Waals surface area contributed by atoms with Crippen molar-refractivity contribution < 1.29 is 9.53 Å². The van der Waals surface area contributed by atoms with Gasteiger partial charge in [-0.15, -0.1) is 24.8 Å². The lowest BCUT2D eigenvalue weighted by molar-refractivity contribution is -0.123. The molecule has 3 N–H and O–H groups in total. The third-order valence-corrected chi connectivity index (χ3v) is 4.07. The lowest BCUT2D eigenvalue weighted by atomic mass is 10.2. The van der Waals surface area contributed by atoms with Crippen LogP contribution < -0.4 is 16.0 Å². The summed E-state index contributed by atoms with van der Waals surface area (Å²) >= 11 is 0. The Bertz CT molecular complexity index is 523. The molecule has 0 spiro atoms. The molecule has 23 heavy (non-hydrogen) atoms. The van der Waals surface area contributed by atoms with Crippen molar-refractivity contribution in [2.75, 3.05) is 24.6 Å². The van der Waals surface area contributed by atoms with Gasteiger partial charge >= 0.3 is 0 Å². The van der Waals surface area contributed by atoms with Crippen LogP contribution in [-0.2, 0) is 16.1 Å². The summed E-state index contributed by atoms with van der Waals surface area (Å²) < 4.78 is 5.53. The zero-order valence-electron chi connectivity index (χ0n) is 13.2. The predicted octanol–water partition coefficient (Wildman–Crippen LogP) is 1.26. The minimum atomic E-state index is -0.614. The van der Waals surface area contributed by atoms with E-state index in [-0.39, 0.29) is 36.8 Å². The number of nitrogens with zero attached hydrogens (tertiary/aromatic N) is 2. The van der Waals surface area contributed by atoms with Crippen molar-refractivity contribution in [3.8, 4) is 0 Å². The van der Waals surface area contributed by atoms with Crippen LogP contribution in [0, 0.1) is 0 Å². The van der Waals surface area contributed by atoms with Crippen LogP contribution in [0.3, 0.4) is 0 Å². The van der Waals surface area contributed by atoms with Gasteiger partial charge in [-0.3, -0.25) is 4.79 Å². The second-order valence-electron chi connectivity index (χ2n) is 5.99. The first-order chi connectivity index (χ1) is 10.1. The molecule has 2 fully saturated rings. The van der Waals surface area contributed by atoms with E-state index in [0.717, 1.165) is 43.9 Å². The molecule has 1 aliphatic carbocycles. The standard InChI is InChI=1S/C15H22N4O2.2ClH/c1-11-10-19(6-7-21-11)13-3-2-12(8-17-13)9-18-14(20)15(16)4-5-15;;/h2-3,8,11H,4-7,9-10,16H2,1H3,(H,18,20);2*1H. The maximum atomic E-state index is 11.8. The van der Waals surface area contributed by atoms with Gasteiger partial charge in [-0.2, -0.15) is 0 Å². The summed E-state index contributed by atoms with van der Waals surface area (Å²) in [5, 5.41) is 2.87. The van der Waals surface area contributed by atoms with E-state index >= 15 is 0 Å². The number of nitrogens with two attached hydrogens (primary N) is 1. The fraction of sp³-hybridized carbons (Fsp3) is 0.600. The second kappa shape index (κ2) is 8.15. The van der Waals surface area contributed by atoms with Crippen LogP contribution in [0.5, 0.6) is 0 Å². The van der Waals surface area contributed by atoms with Crippen LogP contribution in [-0.4, -0.2) is 42.2 Å². The molecular weight excluding hydrogens is 339 g/mol. The first-order valence-corrected chi connectivity index (χ1v) is 7.45. The Morgan fingerprint density at radius 2 is 2.22 bits per heavy atom. The number of nitrogens with one attached hydrogen (secondary N) is 1. The number of hydrogen-bond donors (Lipinski definition) is 2. The lowest BCUT2D eigenvalue weighted by Crippen LogP contribution is -2.42. The Kier molecular flexibility index (Phi) is 7.07. The maximum absolute atomic E-state index is 11.8. The summed E-state index contributed by atoms with van der Waals surface area (Å²) in [6, 6.07) is 3.99. The summed E-state index contributed by atoms with van der Waals surface area (Å²) in [4.78, 5) is 18.5. The molecule has 1 aliphatic heterocycles. The van der Waals surface area contributed by atoms with Gasteiger partial charge in [0.2, 0.25) is 5.91 Å². The first-order valence-electron chi connectivity index (χ1n) is 7.45. The smallest absolute Gasteiger partial charge is 0.240 e. The van der Waals surface area contributed by atoms with Gasteiger partial charge in [0, 0.05) is 25.8 Å². The molecular formula is C15H24Cl2N4O2. The van der Waals surface area contributed by atoms with E-state index in [1.165, 1.54) is 0 Å². The Balaban J connectivity index is 0.00000132. The number of aromatic nitrogens is 1. The number of halogens is 2. The van der Waals surface area contributed by atoms with Crippen molar-refractivity contribution in [3.63, 3.8) is 0 Å². The van der Waals surface area contributed by atoms with Crippen LogP contribution >= 0.6 is 24.8 Å². The highest BCUT2D eigenvalue weighted by Crippen LogP contribution is 2.32. The van der Waals surface area contributed by atoms with Gasteiger partial charge in [-0.05, 0) is 31.4 Å².